The predicted octanol–water partition coefficient (Wildman–Crippen LogP) is 6.88. The highest BCUT2D eigenvalue weighted by Crippen LogP contribution is 2.75. The van der Waals surface area contributed by atoms with Gasteiger partial charge in [0.2, 0.25) is 5.90 Å². The van der Waals surface area contributed by atoms with Gasteiger partial charge in [0.25, 0.3) is 0 Å². The molecule has 0 amide bonds. The van der Waals surface area contributed by atoms with Crippen molar-refractivity contribution in [3.63, 3.8) is 0 Å². The monoisotopic (exact) mass is 557 g/mol. The summed E-state index contributed by atoms with van der Waals surface area (Å²) in [6.07, 6.45) is 13.2. The van der Waals surface area contributed by atoms with Crippen LogP contribution in [-0.2, 0) is 14.3 Å². The molecule has 0 aromatic rings. The van der Waals surface area contributed by atoms with Crippen LogP contribution in [0.3, 0.4) is 0 Å². The number of carbonyl (C=O) groups is 2. The molecule has 41 heavy (non-hydrogen) atoms. The van der Waals surface area contributed by atoms with Crippen LogP contribution in [0.5, 0.6) is 0 Å². The molecule has 0 aromatic heterocycles. The molecular formula is C35H47N3O3. The first-order valence-corrected chi connectivity index (χ1v) is 16.1. The Bertz CT molecular complexity index is 1380. The van der Waals surface area contributed by atoms with Gasteiger partial charge in [-0.3, -0.25) is 15.0 Å². The van der Waals surface area contributed by atoms with E-state index < -0.39 is 10.8 Å². The molecule has 7 aliphatic rings. The minimum atomic E-state index is -0.641. The maximum absolute atomic E-state index is 14.7. The zero-order chi connectivity index (χ0) is 29.4. The van der Waals surface area contributed by atoms with Crippen molar-refractivity contribution >= 4 is 17.5 Å². The Morgan fingerprint density at radius 1 is 0.976 bits per heavy atom. The molecule has 1 aliphatic heterocycles. The summed E-state index contributed by atoms with van der Waals surface area (Å²) >= 11 is 0. The molecule has 1 N–H and O–H groups in total. The van der Waals surface area contributed by atoms with Gasteiger partial charge in [-0.2, -0.15) is 5.26 Å². The molecular weight excluding hydrogens is 510 g/mol. The molecule has 7 rings (SSSR count). The van der Waals surface area contributed by atoms with Crippen LogP contribution in [0.15, 0.2) is 28.4 Å². The topological polar surface area (TPSA) is 91.6 Å². The number of hydrazone groups is 1. The van der Waals surface area contributed by atoms with Gasteiger partial charge in [-0.05, 0) is 91.9 Å². The van der Waals surface area contributed by atoms with E-state index in [4.69, 9.17) is 4.74 Å². The largest absolute Gasteiger partial charge is 0.454 e. The zero-order valence-corrected chi connectivity index (χ0v) is 26.0. The van der Waals surface area contributed by atoms with Gasteiger partial charge >= 0.3 is 0 Å². The molecule has 0 spiro atoms. The minimum Gasteiger partial charge on any atom is -0.454 e. The highest BCUT2D eigenvalue weighted by atomic mass is 16.5. The van der Waals surface area contributed by atoms with Crippen molar-refractivity contribution in [2.75, 3.05) is 0 Å². The van der Waals surface area contributed by atoms with E-state index in [9.17, 15) is 14.9 Å². The van der Waals surface area contributed by atoms with Gasteiger partial charge in [0.1, 0.15) is 6.07 Å². The third-order valence-electron chi connectivity index (χ3n) is 13.9. The predicted molar refractivity (Wildman–Crippen MR) is 157 cm³/mol. The lowest BCUT2D eigenvalue weighted by molar-refractivity contribution is -0.191. The Balaban J connectivity index is 1.34. The molecule has 6 heteroatoms. The van der Waals surface area contributed by atoms with Crippen LogP contribution in [0.25, 0.3) is 0 Å². The van der Waals surface area contributed by atoms with Gasteiger partial charge in [-0.25, -0.2) is 0 Å². The molecule has 0 aromatic carbocycles. The fourth-order valence-electron chi connectivity index (χ4n) is 11.2. The van der Waals surface area contributed by atoms with Crippen LogP contribution in [0, 0.1) is 67.5 Å². The molecule has 0 saturated heterocycles. The van der Waals surface area contributed by atoms with E-state index in [2.05, 4.69) is 51.2 Å². The Hall–Kier alpha value is -2.42. The number of hydrogen-bond donors (Lipinski definition) is 1. The fourth-order valence-corrected chi connectivity index (χ4v) is 11.2. The quantitative estimate of drug-likeness (QED) is 0.400. The van der Waals surface area contributed by atoms with Crippen LogP contribution in [0.2, 0.25) is 0 Å². The molecule has 6 nitrogen and oxygen atoms in total. The summed E-state index contributed by atoms with van der Waals surface area (Å²) < 4.78 is 6.62. The molecule has 4 fully saturated rings. The lowest BCUT2D eigenvalue weighted by atomic mass is 9.34. The molecule has 3 unspecified atom stereocenters. The Kier molecular flexibility index (Phi) is 5.45. The van der Waals surface area contributed by atoms with Crippen LogP contribution in [0.1, 0.15) is 106 Å². The number of rotatable bonds is 2. The molecule has 0 radical (unpaired) electrons. The van der Waals surface area contributed by atoms with Crippen LogP contribution >= 0.6 is 0 Å². The number of nitrogens with zero attached hydrogens (tertiary/aromatic N) is 2. The van der Waals surface area contributed by atoms with E-state index >= 15 is 0 Å². The van der Waals surface area contributed by atoms with E-state index in [0.29, 0.717) is 5.92 Å². The summed E-state index contributed by atoms with van der Waals surface area (Å²) in [5.41, 5.74) is 3.35. The Morgan fingerprint density at radius 2 is 1.68 bits per heavy atom. The lowest BCUT2D eigenvalue weighted by Gasteiger charge is -2.69. The maximum atomic E-state index is 14.7. The number of allylic oxidation sites excluding steroid dienone is 4. The van der Waals surface area contributed by atoms with Gasteiger partial charge in [-0.1, -0.05) is 60.1 Å². The molecule has 0 bridgehead atoms. The van der Waals surface area contributed by atoms with Gasteiger partial charge < -0.3 is 4.74 Å². The normalized spacial score (nSPS) is 47.6. The van der Waals surface area contributed by atoms with E-state index in [1.165, 1.54) is 0 Å². The summed E-state index contributed by atoms with van der Waals surface area (Å²) in [5, 5.41) is 14.6. The van der Waals surface area contributed by atoms with Crippen LogP contribution < -0.4 is 5.43 Å². The Labute approximate surface area is 245 Å². The van der Waals surface area contributed by atoms with Crippen molar-refractivity contribution in [3.05, 3.63) is 23.3 Å². The third kappa shape index (κ3) is 3.38. The van der Waals surface area contributed by atoms with Gasteiger partial charge in [0.05, 0.1) is 5.57 Å². The highest BCUT2D eigenvalue weighted by Gasteiger charge is 2.71. The number of nitrogens with one attached hydrogen (secondary N) is 1. The number of ketones is 2. The first kappa shape index (κ1) is 27.4. The average molecular weight is 558 g/mol. The lowest BCUT2D eigenvalue weighted by Crippen LogP contribution is -2.67. The molecule has 1 heterocycles. The first-order valence-electron chi connectivity index (χ1n) is 16.1. The summed E-state index contributed by atoms with van der Waals surface area (Å²) in [4.78, 5) is 28.0. The maximum Gasteiger partial charge on any atom is 0.211 e. The van der Waals surface area contributed by atoms with Crippen molar-refractivity contribution in [2.24, 2.45) is 61.3 Å². The number of ether oxygens (including phenoxy) is 1. The number of carbonyl (C=O) groups excluding carboxylic acids is 2. The summed E-state index contributed by atoms with van der Waals surface area (Å²) in [5.74, 6) is 1.73. The standard InChI is InChI=1S/C35H47N3O3/c1-30(2)12-14-35(29-38-37-28(41-29)20-8-9-20)15-13-34(7)26(22(35)18-30)23(39)16-25-32(5)17-21(19-36)27(40)31(3,4)24(32)10-11-33(25,34)6/h16-17,20,22,24,26,29,38H,8-15,18H2,1-7H3/t22?,24-,26?,29?,32-,33+,34+,35-/m0/s1. The number of nitriles is 1. The first-order chi connectivity index (χ1) is 19.1. The van der Waals surface area contributed by atoms with Crippen molar-refractivity contribution in [1.82, 2.24) is 5.43 Å². The van der Waals surface area contributed by atoms with Crippen LogP contribution in [0.4, 0.5) is 0 Å². The molecule has 6 aliphatic carbocycles. The van der Waals surface area contributed by atoms with E-state index in [0.717, 1.165) is 69.3 Å². The SMILES string of the molecule is CC1(C)CC[C@]2(C3NN=C(C4CC4)O3)CC[C@]3(C)C(C(=O)C=C4[C@@]5(C)C=C(C#N)C(=O)C(C)(C)[C@@H]5CC[C@]43C)C2C1. The average Bonchev–Trinajstić information content (AvgIpc) is 3.63. The molecule has 8 atom stereocenters. The summed E-state index contributed by atoms with van der Waals surface area (Å²) in [7, 11) is 0. The molecule has 220 valence electrons. The van der Waals surface area contributed by atoms with E-state index in [1.54, 1.807) is 0 Å². The third-order valence-corrected chi connectivity index (χ3v) is 13.9. The van der Waals surface area contributed by atoms with Gasteiger partial charge in [0.15, 0.2) is 17.8 Å². The van der Waals surface area contributed by atoms with Crippen molar-refractivity contribution < 1.29 is 14.3 Å². The Morgan fingerprint density at radius 3 is 2.37 bits per heavy atom. The van der Waals surface area contributed by atoms with E-state index in [-0.39, 0.29) is 62.8 Å². The number of fused-ring (bicyclic) bond motifs is 7. The summed E-state index contributed by atoms with van der Waals surface area (Å²) in [6.45, 7) is 15.8. The molecule has 4 saturated carbocycles. The van der Waals surface area contributed by atoms with Crippen molar-refractivity contribution in [2.45, 2.75) is 112 Å². The highest BCUT2D eigenvalue weighted by molar-refractivity contribution is 6.04. The van der Waals surface area contributed by atoms with Crippen LogP contribution in [-0.4, -0.2) is 23.7 Å². The summed E-state index contributed by atoms with van der Waals surface area (Å²) in [6, 6.07) is 2.22. The fraction of sp³-hybridized carbons (Fsp3) is 0.771. The number of Topliss-reactive ketones (excluding diaryl/α,β-unsaturated/α-hetero) is 1. The van der Waals surface area contributed by atoms with E-state index in [1.807, 2.05) is 26.0 Å². The minimum absolute atomic E-state index is 0.0540. The smallest absolute Gasteiger partial charge is 0.211 e. The second-order valence-electron chi connectivity index (χ2n) is 16.8. The van der Waals surface area contributed by atoms with Crippen molar-refractivity contribution in [1.29, 1.82) is 5.26 Å². The van der Waals surface area contributed by atoms with Gasteiger partial charge in [0, 0.05) is 28.1 Å². The van der Waals surface area contributed by atoms with Crippen molar-refractivity contribution in [3.8, 4) is 6.07 Å². The number of hydrogen-bond acceptors (Lipinski definition) is 6. The van der Waals surface area contributed by atoms with Gasteiger partial charge in [-0.15, -0.1) is 5.10 Å². The second-order valence-corrected chi connectivity index (χ2v) is 16.8. The second kappa shape index (κ2) is 8.14. The zero-order valence-electron chi connectivity index (χ0n) is 26.0.